The molecule has 7 heteroatoms. The van der Waals surface area contributed by atoms with Crippen molar-refractivity contribution >= 4 is 11.8 Å². The van der Waals surface area contributed by atoms with Gasteiger partial charge in [-0.3, -0.25) is 14.7 Å². The predicted molar refractivity (Wildman–Crippen MR) is 108 cm³/mol. The maximum absolute atomic E-state index is 12.8. The fraction of sp³-hybridized carbons (Fsp3) is 0.500. The van der Waals surface area contributed by atoms with Gasteiger partial charge in [0.2, 0.25) is 11.8 Å². The average molecular weight is 396 g/mol. The number of amides is 2. The van der Waals surface area contributed by atoms with Gasteiger partial charge in [-0.05, 0) is 25.0 Å². The van der Waals surface area contributed by atoms with E-state index in [2.05, 4.69) is 10.2 Å². The summed E-state index contributed by atoms with van der Waals surface area (Å²) in [5, 5.41) is 7.27. The fourth-order valence-electron chi connectivity index (χ4n) is 4.20. The predicted octanol–water partition coefficient (Wildman–Crippen LogP) is 1.99. The molecule has 0 unspecified atom stereocenters. The van der Waals surface area contributed by atoms with E-state index in [9.17, 15) is 9.59 Å². The first-order valence-corrected chi connectivity index (χ1v) is 10.3. The molecule has 2 fully saturated rings. The normalized spacial score (nSPS) is 21.9. The van der Waals surface area contributed by atoms with Gasteiger partial charge in [-0.15, -0.1) is 0 Å². The van der Waals surface area contributed by atoms with Crippen molar-refractivity contribution in [2.45, 2.75) is 51.8 Å². The second-order valence-electron chi connectivity index (χ2n) is 7.95. The van der Waals surface area contributed by atoms with Gasteiger partial charge in [0.1, 0.15) is 0 Å². The second kappa shape index (κ2) is 8.37. The van der Waals surface area contributed by atoms with Crippen LogP contribution in [0.3, 0.4) is 0 Å². The van der Waals surface area contributed by atoms with Crippen LogP contribution < -0.4 is 0 Å². The Morgan fingerprint density at radius 2 is 2.03 bits per heavy atom. The van der Waals surface area contributed by atoms with Crippen LogP contribution in [0.1, 0.15) is 35.4 Å². The van der Waals surface area contributed by atoms with Crippen molar-refractivity contribution in [1.82, 2.24) is 20.0 Å². The van der Waals surface area contributed by atoms with Crippen molar-refractivity contribution in [3.05, 3.63) is 52.8 Å². The number of aromatic amines is 1. The van der Waals surface area contributed by atoms with Gasteiger partial charge in [0.25, 0.3) is 0 Å². The number of nitrogens with one attached hydrogen (secondary N) is 1. The third-order valence-corrected chi connectivity index (χ3v) is 6.08. The van der Waals surface area contributed by atoms with Crippen molar-refractivity contribution in [2.75, 3.05) is 19.7 Å². The van der Waals surface area contributed by atoms with Crippen LogP contribution in [0.2, 0.25) is 0 Å². The van der Waals surface area contributed by atoms with Crippen LogP contribution >= 0.6 is 0 Å². The molecule has 0 aliphatic carbocycles. The van der Waals surface area contributed by atoms with E-state index in [4.69, 9.17) is 4.74 Å². The number of rotatable bonds is 5. The van der Waals surface area contributed by atoms with Crippen molar-refractivity contribution in [3.8, 4) is 0 Å². The lowest BCUT2D eigenvalue weighted by atomic mass is 10.1. The maximum Gasteiger partial charge on any atom is 0.225 e. The van der Waals surface area contributed by atoms with E-state index in [0.717, 1.165) is 22.5 Å². The molecule has 0 radical (unpaired) electrons. The molecule has 2 aliphatic rings. The molecule has 2 saturated heterocycles. The number of hydrogen-bond donors (Lipinski definition) is 1. The molecule has 3 heterocycles. The molecular weight excluding hydrogens is 368 g/mol. The largest absolute Gasteiger partial charge is 0.374 e. The van der Waals surface area contributed by atoms with E-state index in [-0.39, 0.29) is 24.0 Å². The summed E-state index contributed by atoms with van der Waals surface area (Å²) >= 11 is 0. The summed E-state index contributed by atoms with van der Waals surface area (Å²) in [6, 6.07) is 9.89. The number of carbonyl (C=O) groups is 2. The van der Waals surface area contributed by atoms with Crippen LogP contribution in [-0.4, -0.2) is 63.7 Å². The number of benzene rings is 1. The molecule has 2 amide bonds. The van der Waals surface area contributed by atoms with Crippen LogP contribution in [0.4, 0.5) is 0 Å². The van der Waals surface area contributed by atoms with E-state index >= 15 is 0 Å². The Balaban J connectivity index is 1.42. The summed E-state index contributed by atoms with van der Waals surface area (Å²) in [5.41, 5.74) is 4.20. The highest BCUT2D eigenvalue weighted by molar-refractivity contribution is 5.79. The highest BCUT2D eigenvalue weighted by Gasteiger charge is 2.42. The third kappa shape index (κ3) is 4.19. The Morgan fingerprint density at radius 3 is 2.76 bits per heavy atom. The molecule has 29 heavy (non-hydrogen) atoms. The van der Waals surface area contributed by atoms with E-state index in [1.807, 2.05) is 54.0 Å². The first-order chi connectivity index (χ1) is 14.0. The quantitative estimate of drug-likeness (QED) is 0.838. The Kier molecular flexibility index (Phi) is 5.67. The van der Waals surface area contributed by atoms with E-state index < -0.39 is 0 Å². The summed E-state index contributed by atoms with van der Waals surface area (Å²) in [4.78, 5) is 29.3. The molecule has 1 aromatic carbocycles. The Hall–Kier alpha value is -2.67. The highest BCUT2D eigenvalue weighted by Crippen LogP contribution is 2.26. The van der Waals surface area contributed by atoms with Gasteiger partial charge in [0, 0.05) is 38.2 Å². The summed E-state index contributed by atoms with van der Waals surface area (Å²) in [6.45, 7) is 6.04. The van der Waals surface area contributed by atoms with Gasteiger partial charge in [-0.2, -0.15) is 5.10 Å². The smallest absolute Gasteiger partial charge is 0.225 e. The first kappa shape index (κ1) is 19.6. The Bertz CT molecular complexity index is 879. The van der Waals surface area contributed by atoms with Gasteiger partial charge in [0.05, 0.1) is 30.9 Å². The zero-order valence-electron chi connectivity index (χ0n) is 17.1. The van der Waals surface area contributed by atoms with E-state index in [1.54, 1.807) is 0 Å². The van der Waals surface area contributed by atoms with Gasteiger partial charge < -0.3 is 14.5 Å². The van der Waals surface area contributed by atoms with Crippen LogP contribution in [0.25, 0.3) is 0 Å². The topological polar surface area (TPSA) is 78.5 Å². The lowest BCUT2D eigenvalue weighted by Gasteiger charge is -2.29. The number of aryl methyl sites for hydroxylation is 2. The maximum atomic E-state index is 12.8. The molecule has 1 aromatic heterocycles. The van der Waals surface area contributed by atoms with Crippen molar-refractivity contribution in [3.63, 3.8) is 0 Å². The van der Waals surface area contributed by atoms with Crippen LogP contribution in [0.5, 0.6) is 0 Å². The number of carbonyl (C=O) groups excluding carboxylic acids is 2. The van der Waals surface area contributed by atoms with Crippen molar-refractivity contribution in [2.24, 2.45) is 0 Å². The minimum absolute atomic E-state index is 0.0915. The standard InChI is InChI=1S/C22H28N4O3/c1-15-16(2)23-24-18(15)8-9-21(27)25-13-19-20(14-25)29-11-10-22(28)26(19)12-17-6-4-3-5-7-17/h3-7,19-20H,8-14H2,1-2H3,(H,23,24)/t19-,20-/m0/s1. The Labute approximate surface area is 171 Å². The highest BCUT2D eigenvalue weighted by atomic mass is 16.5. The van der Waals surface area contributed by atoms with Gasteiger partial charge in [-0.25, -0.2) is 0 Å². The average Bonchev–Trinajstić information content (AvgIpc) is 3.25. The summed E-state index contributed by atoms with van der Waals surface area (Å²) in [5.74, 6) is 0.187. The second-order valence-corrected chi connectivity index (χ2v) is 7.95. The number of H-pyrrole nitrogens is 1. The number of nitrogens with zero attached hydrogens (tertiary/aromatic N) is 3. The molecule has 0 saturated carbocycles. The minimum Gasteiger partial charge on any atom is -0.374 e. The molecule has 2 aliphatic heterocycles. The van der Waals surface area contributed by atoms with Gasteiger partial charge in [0.15, 0.2) is 0 Å². The lowest BCUT2D eigenvalue weighted by molar-refractivity contribution is -0.135. The molecule has 0 bridgehead atoms. The van der Waals surface area contributed by atoms with Crippen LogP contribution in [0.15, 0.2) is 30.3 Å². The van der Waals surface area contributed by atoms with Gasteiger partial charge in [-0.1, -0.05) is 30.3 Å². The number of aromatic nitrogens is 2. The zero-order valence-corrected chi connectivity index (χ0v) is 17.1. The van der Waals surface area contributed by atoms with Crippen molar-refractivity contribution in [1.29, 1.82) is 0 Å². The SMILES string of the molecule is Cc1[nH]nc(CCC(=O)N2C[C@@H]3OCCC(=O)N(Cc4ccccc4)[C@H]3C2)c1C. The van der Waals surface area contributed by atoms with Gasteiger partial charge >= 0.3 is 0 Å². The molecule has 7 nitrogen and oxygen atoms in total. The first-order valence-electron chi connectivity index (χ1n) is 10.3. The van der Waals surface area contributed by atoms with Crippen LogP contribution in [0, 0.1) is 13.8 Å². The molecule has 154 valence electrons. The van der Waals surface area contributed by atoms with E-state index in [1.165, 1.54) is 0 Å². The summed E-state index contributed by atoms with van der Waals surface area (Å²) in [7, 11) is 0. The van der Waals surface area contributed by atoms with Crippen LogP contribution in [-0.2, 0) is 27.3 Å². The number of fused-ring (bicyclic) bond motifs is 1. The molecule has 4 rings (SSSR count). The monoisotopic (exact) mass is 396 g/mol. The third-order valence-electron chi connectivity index (χ3n) is 6.08. The van der Waals surface area contributed by atoms with Crippen molar-refractivity contribution < 1.29 is 14.3 Å². The molecular formula is C22H28N4O3. The zero-order chi connectivity index (χ0) is 20.4. The molecule has 1 N–H and O–H groups in total. The summed E-state index contributed by atoms with van der Waals surface area (Å²) in [6.07, 6.45) is 1.31. The molecule has 0 spiro atoms. The minimum atomic E-state index is -0.122. The number of likely N-dealkylation sites (tertiary alicyclic amines) is 1. The fourth-order valence-corrected chi connectivity index (χ4v) is 4.20. The number of ether oxygens (including phenoxy) is 1. The lowest BCUT2D eigenvalue weighted by Crippen LogP contribution is -2.45. The van der Waals surface area contributed by atoms with E-state index in [0.29, 0.717) is 45.5 Å². The summed E-state index contributed by atoms with van der Waals surface area (Å²) < 4.78 is 5.96. The number of hydrogen-bond acceptors (Lipinski definition) is 4. The molecule has 2 atom stereocenters. The Morgan fingerprint density at radius 1 is 1.24 bits per heavy atom. The molecule has 2 aromatic rings.